The second kappa shape index (κ2) is 8.04. The Labute approximate surface area is 156 Å². The molecule has 140 valence electrons. The van der Waals surface area contributed by atoms with Crippen molar-refractivity contribution in [2.45, 2.75) is 13.5 Å². The van der Waals surface area contributed by atoms with Crippen LogP contribution in [0.25, 0.3) is 0 Å². The van der Waals surface area contributed by atoms with Crippen LogP contribution in [0.2, 0.25) is 0 Å². The Kier molecular flexibility index (Phi) is 5.55. The lowest BCUT2D eigenvalue weighted by atomic mass is 10.1. The number of nitriles is 1. The number of hydrogen-bond acceptors (Lipinski definition) is 3. The Bertz CT molecular complexity index is 886. The maximum Gasteiger partial charge on any atom is 0.317 e. The molecule has 0 unspecified atom stereocenters. The molecule has 2 aromatic rings. The van der Waals surface area contributed by atoms with E-state index in [0.29, 0.717) is 43.0 Å². The van der Waals surface area contributed by atoms with Gasteiger partial charge in [-0.3, -0.25) is 0 Å². The van der Waals surface area contributed by atoms with Crippen LogP contribution in [0.15, 0.2) is 36.4 Å². The van der Waals surface area contributed by atoms with Crippen molar-refractivity contribution < 1.29 is 13.6 Å². The van der Waals surface area contributed by atoms with Gasteiger partial charge in [0.25, 0.3) is 0 Å². The maximum atomic E-state index is 13.8. The van der Waals surface area contributed by atoms with E-state index in [-0.39, 0.29) is 24.0 Å². The van der Waals surface area contributed by atoms with Crippen LogP contribution in [0.1, 0.15) is 16.7 Å². The number of urea groups is 1. The van der Waals surface area contributed by atoms with E-state index in [9.17, 15) is 13.6 Å². The predicted octanol–water partition coefficient (Wildman–Crippen LogP) is 3.18. The zero-order valence-electron chi connectivity index (χ0n) is 15.0. The molecular formula is C20H20F2N4O. The van der Waals surface area contributed by atoms with Gasteiger partial charge in [0, 0.05) is 32.7 Å². The normalized spacial score (nSPS) is 14.0. The van der Waals surface area contributed by atoms with Gasteiger partial charge in [0.15, 0.2) is 0 Å². The van der Waals surface area contributed by atoms with Gasteiger partial charge in [-0.1, -0.05) is 18.2 Å². The van der Waals surface area contributed by atoms with Crippen LogP contribution >= 0.6 is 0 Å². The van der Waals surface area contributed by atoms with Gasteiger partial charge in [-0.25, -0.2) is 13.6 Å². The highest BCUT2D eigenvalue weighted by molar-refractivity contribution is 5.74. The Morgan fingerprint density at radius 3 is 2.56 bits per heavy atom. The molecule has 3 rings (SSSR count). The Morgan fingerprint density at radius 2 is 1.89 bits per heavy atom. The van der Waals surface area contributed by atoms with E-state index in [2.05, 4.69) is 5.32 Å². The van der Waals surface area contributed by atoms with Crippen molar-refractivity contribution in [2.75, 3.05) is 31.1 Å². The van der Waals surface area contributed by atoms with Crippen molar-refractivity contribution in [3.63, 3.8) is 0 Å². The van der Waals surface area contributed by atoms with E-state index in [0.717, 1.165) is 0 Å². The van der Waals surface area contributed by atoms with Crippen LogP contribution in [0, 0.1) is 29.9 Å². The largest absolute Gasteiger partial charge is 0.367 e. The molecule has 0 aliphatic carbocycles. The number of benzene rings is 2. The van der Waals surface area contributed by atoms with Gasteiger partial charge in [-0.05, 0) is 36.2 Å². The third-order valence-electron chi connectivity index (χ3n) is 4.69. The van der Waals surface area contributed by atoms with Crippen LogP contribution in [0.4, 0.5) is 19.3 Å². The molecular weight excluding hydrogens is 350 g/mol. The minimum atomic E-state index is -0.541. The lowest BCUT2D eigenvalue weighted by Crippen LogP contribution is -2.51. The van der Waals surface area contributed by atoms with E-state index in [4.69, 9.17) is 5.26 Å². The summed E-state index contributed by atoms with van der Waals surface area (Å²) in [4.78, 5) is 15.9. The smallest absolute Gasteiger partial charge is 0.317 e. The average Bonchev–Trinajstić information content (AvgIpc) is 2.68. The first-order chi connectivity index (χ1) is 13.0. The van der Waals surface area contributed by atoms with Gasteiger partial charge < -0.3 is 15.1 Å². The molecule has 0 atom stereocenters. The zero-order chi connectivity index (χ0) is 19.4. The molecule has 0 bridgehead atoms. The molecule has 27 heavy (non-hydrogen) atoms. The van der Waals surface area contributed by atoms with E-state index in [1.54, 1.807) is 36.1 Å². The van der Waals surface area contributed by atoms with Crippen LogP contribution in [-0.4, -0.2) is 37.1 Å². The monoisotopic (exact) mass is 370 g/mol. The van der Waals surface area contributed by atoms with Gasteiger partial charge in [-0.2, -0.15) is 5.26 Å². The van der Waals surface area contributed by atoms with Crippen LogP contribution < -0.4 is 10.2 Å². The number of nitrogens with zero attached hydrogens (tertiary/aromatic N) is 3. The fourth-order valence-electron chi connectivity index (χ4n) is 3.07. The van der Waals surface area contributed by atoms with Crippen molar-refractivity contribution in [3.8, 4) is 6.07 Å². The number of piperazine rings is 1. The minimum absolute atomic E-state index is 0.0248. The van der Waals surface area contributed by atoms with E-state index in [1.807, 2.05) is 11.0 Å². The predicted molar refractivity (Wildman–Crippen MR) is 98.3 cm³/mol. The van der Waals surface area contributed by atoms with Crippen molar-refractivity contribution in [1.29, 1.82) is 5.26 Å². The summed E-state index contributed by atoms with van der Waals surface area (Å²) in [6.45, 7) is 3.85. The molecule has 2 aromatic carbocycles. The van der Waals surface area contributed by atoms with E-state index < -0.39 is 5.82 Å². The molecule has 1 aliphatic heterocycles. The van der Waals surface area contributed by atoms with Crippen molar-refractivity contribution >= 4 is 11.7 Å². The number of anilines is 1. The summed E-state index contributed by atoms with van der Waals surface area (Å²) in [7, 11) is 0. The summed E-state index contributed by atoms with van der Waals surface area (Å²) in [5.41, 5.74) is 1.84. The summed E-state index contributed by atoms with van der Waals surface area (Å²) in [5.74, 6) is -0.834. The Hall–Kier alpha value is -3.14. The highest BCUT2D eigenvalue weighted by Gasteiger charge is 2.23. The lowest BCUT2D eigenvalue weighted by Gasteiger charge is -2.36. The summed E-state index contributed by atoms with van der Waals surface area (Å²) < 4.78 is 27.3. The molecule has 1 N–H and O–H groups in total. The highest BCUT2D eigenvalue weighted by Crippen LogP contribution is 2.23. The summed E-state index contributed by atoms with van der Waals surface area (Å²) in [6, 6.07) is 11.1. The van der Waals surface area contributed by atoms with Crippen molar-refractivity contribution in [1.82, 2.24) is 10.2 Å². The Balaban J connectivity index is 1.56. The molecule has 0 spiro atoms. The highest BCUT2D eigenvalue weighted by atomic mass is 19.1. The topological polar surface area (TPSA) is 59.4 Å². The van der Waals surface area contributed by atoms with Gasteiger partial charge in [0.1, 0.15) is 23.3 Å². The van der Waals surface area contributed by atoms with E-state index in [1.165, 1.54) is 12.1 Å². The van der Waals surface area contributed by atoms with Gasteiger partial charge in [0.05, 0.1) is 5.69 Å². The van der Waals surface area contributed by atoms with Gasteiger partial charge in [0.2, 0.25) is 0 Å². The third-order valence-corrected chi connectivity index (χ3v) is 4.69. The van der Waals surface area contributed by atoms with Crippen LogP contribution in [0.3, 0.4) is 0 Å². The summed E-state index contributed by atoms with van der Waals surface area (Å²) in [5, 5.41) is 12.0. The second-order valence-electron chi connectivity index (χ2n) is 6.46. The average molecular weight is 370 g/mol. The molecule has 2 amide bonds. The second-order valence-corrected chi connectivity index (χ2v) is 6.46. The number of rotatable bonds is 3. The number of aryl methyl sites for hydroxylation is 1. The molecule has 0 aromatic heterocycles. The molecule has 1 heterocycles. The van der Waals surface area contributed by atoms with Crippen molar-refractivity contribution in [2.24, 2.45) is 0 Å². The van der Waals surface area contributed by atoms with Crippen molar-refractivity contribution in [3.05, 3.63) is 64.7 Å². The Morgan fingerprint density at radius 1 is 1.15 bits per heavy atom. The first kappa shape index (κ1) is 18.6. The lowest BCUT2D eigenvalue weighted by molar-refractivity contribution is 0.194. The standard InChI is InChI=1S/C20H20F2N4O/c1-14-5-6-15(11-18(14)22)13-24-20(27)26-9-7-25(8-10-26)19-4-2-3-17(21)16(19)12-23/h2-6,11H,7-10,13H2,1H3,(H,24,27). The molecule has 1 saturated heterocycles. The van der Waals surface area contributed by atoms with E-state index >= 15 is 0 Å². The first-order valence-corrected chi connectivity index (χ1v) is 8.71. The SMILES string of the molecule is Cc1ccc(CNC(=O)N2CCN(c3cccc(F)c3C#N)CC2)cc1F. The molecule has 7 heteroatoms. The van der Waals surface area contributed by atoms with Gasteiger partial charge >= 0.3 is 6.03 Å². The third kappa shape index (κ3) is 4.17. The fraction of sp³-hybridized carbons (Fsp3) is 0.300. The quantitative estimate of drug-likeness (QED) is 0.903. The molecule has 1 fully saturated rings. The number of amides is 2. The summed E-state index contributed by atoms with van der Waals surface area (Å²) >= 11 is 0. The first-order valence-electron chi connectivity index (χ1n) is 8.71. The summed E-state index contributed by atoms with van der Waals surface area (Å²) in [6.07, 6.45) is 0. The number of halogens is 2. The molecule has 5 nitrogen and oxygen atoms in total. The molecule has 1 aliphatic rings. The van der Waals surface area contributed by atoms with Crippen LogP contribution in [-0.2, 0) is 6.54 Å². The zero-order valence-corrected chi connectivity index (χ0v) is 15.0. The number of carbonyl (C=O) groups is 1. The molecule has 0 radical (unpaired) electrons. The number of hydrogen-bond donors (Lipinski definition) is 1. The number of carbonyl (C=O) groups excluding carboxylic acids is 1. The fourth-order valence-corrected chi connectivity index (χ4v) is 3.07. The molecule has 0 saturated carbocycles. The van der Waals surface area contributed by atoms with Crippen LogP contribution in [0.5, 0.6) is 0 Å². The minimum Gasteiger partial charge on any atom is -0.367 e. The van der Waals surface area contributed by atoms with Gasteiger partial charge in [-0.15, -0.1) is 0 Å². The number of nitrogens with one attached hydrogen (secondary N) is 1. The maximum absolute atomic E-state index is 13.8.